The third kappa shape index (κ3) is 5.72. The van der Waals surface area contributed by atoms with Crippen LogP contribution in [0.25, 0.3) is 6.08 Å². The Hall–Kier alpha value is -4.18. The molecule has 0 bridgehead atoms. The summed E-state index contributed by atoms with van der Waals surface area (Å²) in [6.07, 6.45) is 1.44. The van der Waals surface area contributed by atoms with Gasteiger partial charge in [0, 0.05) is 15.6 Å². The second-order valence-electron chi connectivity index (χ2n) is 7.69. The second kappa shape index (κ2) is 11.0. The standard InChI is InChI=1S/C26H21BrFN3O5/c1-35-23-9-5-4-8-20(23)29-24(32)14-31-25(33)21(30-26(31)34)13-17-12-18(27)10-11-22(17)36-15-16-6-2-3-7-19(16)28/h2-13H,14-15H2,1H3,(H,29,32)(H,30,34)/b21-13+. The molecule has 2 N–H and O–H groups in total. The molecule has 8 nitrogen and oxygen atoms in total. The summed E-state index contributed by atoms with van der Waals surface area (Å²) >= 11 is 3.38. The van der Waals surface area contributed by atoms with Gasteiger partial charge in [0.1, 0.15) is 36.2 Å². The molecule has 0 unspecified atom stereocenters. The van der Waals surface area contributed by atoms with Crippen molar-refractivity contribution in [1.29, 1.82) is 0 Å². The number of nitrogens with zero attached hydrogens (tertiary/aromatic N) is 1. The van der Waals surface area contributed by atoms with E-state index in [0.717, 1.165) is 4.90 Å². The van der Waals surface area contributed by atoms with Crippen LogP contribution in [0.15, 0.2) is 76.9 Å². The van der Waals surface area contributed by atoms with Crippen LogP contribution in [0.4, 0.5) is 14.9 Å². The van der Waals surface area contributed by atoms with Crippen molar-refractivity contribution < 1.29 is 28.2 Å². The van der Waals surface area contributed by atoms with E-state index in [1.54, 1.807) is 60.7 Å². The predicted molar refractivity (Wildman–Crippen MR) is 135 cm³/mol. The van der Waals surface area contributed by atoms with Gasteiger partial charge < -0.3 is 20.1 Å². The van der Waals surface area contributed by atoms with Gasteiger partial charge in [-0.1, -0.05) is 46.3 Å². The average Bonchev–Trinajstić information content (AvgIpc) is 3.12. The molecule has 4 amide bonds. The maximum absolute atomic E-state index is 14.0. The zero-order valence-electron chi connectivity index (χ0n) is 19.1. The topological polar surface area (TPSA) is 97.0 Å². The molecule has 1 aliphatic heterocycles. The first-order valence-electron chi connectivity index (χ1n) is 10.8. The van der Waals surface area contributed by atoms with E-state index >= 15 is 0 Å². The number of hydrogen-bond acceptors (Lipinski definition) is 5. The van der Waals surface area contributed by atoms with E-state index in [9.17, 15) is 18.8 Å². The zero-order chi connectivity index (χ0) is 25.7. The number of urea groups is 1. The first-order chi connectivity index (χ1) is 17.4. The van der Waals surface area contributed by atoms with Crippen LogP contribution in [0.3, 0.4) is 0 Å². The van der Waals surface area contributed by atoms with Crippen molar-refractivity contribution in [3.05, 3.63) is 93.8 Å². The fourth-order valence-electron chi connectivity index (χ4n) is 3.49. The molecule has 1 aliphatic rings. The van der Waals surface area contributed by atoms with E-state index in [2.05, 4.69) is 26.6 Å². The number of para-hydroxylation sites is 2. The summed E-state index contributed by atoms with van der Waals surface area (Å²) in [5, 5.41) is 5.12. The van der Waals surface area contributed by atoms with Crippen LogP contribution in [-0.2, 0) is 16.2 Å². The Labute approximate surface area is 214 Å². The Kier molecular flexibility index (Phi) is 7.65. The molecule has 0 saturated carbocycles. The van der Waals surface area contributed by atoms with E-state index in [0.29, 0.717) is 32.8 Å². The minimum absolute atomic E-state index is 0.0277. The molecule has 0 aromatic heterocycles. The summed E-state index contributed by atoms with van der Waals surface area (Å²) in [6, 6.07) is 17.4. The smallest absolute Gasteiger partial charge is 0.329 e. The molecule has 184 valence electrons. The van der Waals surface area contributed by atoms with Crippen molar-refractivity contribution in [2.24, 2.45) is 0 Å². The molecule has 1 fully saturated rings. The van der Waals surface area contributed by atoms with Gasteiger partial charge in [0.05, 0.1) is 12.8 Å². The predicted octanol–water partition coefficient (Wildman–Crippen LogP) is 4.71. The van der Waals surface area contributed by atoms with Crippen molar-refractivity contribution in [2.45, 2.75) is 6.61 Å². The number of ether oxygens (including phenoxy) is 2. The zero-order valence-corrected chi connectivity index (χ0v) is 20.7. The van der Waals surface area contributed by atoms with Crippen LogP contribution in [-0.4, -0.2) is 36.4 Å². The number of hydrogen-bond donors (Lipinski definition) is 2. The van der Waals surface area contributed by atoms with Gasteiger partial charge in [0.15, 0.2) is 0 Å². The highest BCUT2D eigenvalue weighted by Crippen LogP contribution is 2.28. The van der Waals surface area contributed by atoms with Crippen molar-refractivity contribution >= 4 is 45.5 Å². The number of carbonyl (C=O) groups is 3. The van der Waals surface area contributed by atoms with E-state index in [-0.39, 0.29) is 12.3 Å². The molecule has 0 spiro atoms. The van der Waals surface area contributed by atoms with Crippen molar-refractivity contribution in [1.82, 2.24) is 10.2 Å². The van der Waals surface area contributed by atoms with Gasteiger partial charge in [-0.15, -0.1) is 0 Å². The number of methoxy groups -OCH3 is 1. The summed E-state index contributed by atoms with van der Waals surface area (Å²) in [5.41, 5.74) is 1.23. The maximum Gasteiger partial charge on any atom is 0.329 e. The average molecular weight is 554 g/mol. The lowest BCUT2D eigenvalue weighted by Crippen LogP contribution is -2.38. The van der Waals surface area contributed by atoms with Gasteiger partial charge >= 0.3 is 6.03 Å². The number of nitrogens with one attached hydrogen (secondary N) is 2. The molecule has 36 heavy (non-hydrogen) atoms. The Morgan fingerprint density at radius 3 is 2.61 bits per heavy atom. The molecule has 3 aromatic carbocycles. The lowest BCUT2D eigenvalue weighted by Gasteiger charge is -2.13. The van der Waals surface area contributed by atoms with E-state index in [1.165, 1.54) is 19.3 Å². The van der Waals surface area contributed by atoms with Crippen LogP contribution in [0, 0.1) is 5.82 Å². The van der Waals surface area contributed by atoms with E-state index < -0.39 is 30.2 Å². The molecule has 10 heteroatoms. The first kappa shape index (κ1) is 24.9. The molecular weight excluding hydrogens is 533 g/mol. The van der Waals surface area contributed by atoms with Crippen molar-refractivity contribution in [3.63, 3.8) is 0 Å². The number of carbonyl (C=O) groups excluding carboxylic acids is 3. The SMILES string of the molecule is COc1ccccc1NC(=O)CN1C(=O)N/C(=C/c2cc(Br)ccc2OCc2ccccc2F)C1=O. The fraction of sp³-hybridized carbons (Fsp3) is 0.115. The summed E-state index contributed by atoms with van der Waals surface area (Å²) < 4.78 is 25.7. The lowest BCUT2D eigenvalue weighted by molar-refractivity contribution is -0.127. The first-order valence-corrected chi connectivity index (χ1v) is 11.6. The third-order valence-electron chi connectivity index (χ3n) is 5.26. The summed E-state index contributed by atoms with van der Waals surface area (Å²) in [4.78, 5) is 38.7. The Bertz CT molecular complexity index is 1360. The Balaban J connectivity index is 1.49. The molecule has 0 aliphatic carbocycles. The number of benzene rings is 3. The number of imide groups is 1. The van der Waals surface area contributed by atoms with E-state index in [4.69, 9.17) is 9.47 Å². The molecule has 0 radical (unpaired) electrons. The number of rotatable bonds is 8. The highest BCUT2D eigenvalue weighted by atomic mass is 79.9. The second-order valence-corrected chi connectivity index (χ2v) is 8.61. The Morgan fingerprint density at radius 1 is 1.08 bits per heavy atom. The van der Waals surface area contributed by atoms with Crippen LogP contribution >= 0.6 is 15.9 Å². The van der Waals surface area contributed by atoms with Crippen LogP contribution < -0.4 is 20.1 Å². The van der Waals surface area contributed by atoms with Gasteiger partial charge in [-0.05, 0) is 42.5 Å². The lowest BCUT2D eigenvalue weighted by atomic mass is 10.1. The largest absolute Gasteiger partial charge is 0.495 e. The number of halogens is 2. The third-order valence-corrected chi connectivity index (χ3v) is 5.75. The quantitative estimate of drug-likeness (QED) is 0.311. The van der Waals surface area contributed by atoms with Crippen LogP contribution in [0.5, 0.6) is 11.5 Å². The van der Waals surface area contributed by atoms with Gasteiger partial charge in [-0.25, -0.2) is 14.1 Å². The van der Waals surface area contributed by atoms with Gasteiger partial charge in [0.25, 0.3) is 5.91 Å². The number of amides is 4. The maximum atomic E-state index is 14.0. The molecule has 1 heterocycles. The highest BCUT2D eigenvalue weighted by molar-refractivity contribution is 9.10. The summed E-state index contributed by atoms with van der Waals surface area (Å²) in [5.74, 6) is -0.810. The molecule has 4 rings (SSSR count). The summed E-state index contributed by atoms with van der Waals surface area (Å²) in [6.45, 7) is -0.519. The van der Waals surface area contributed by atoms with Gasteiger partial charge in [-0.3, -0.25) is 9.59 Å². The van der Waals surface area contributed by atoms with Gasteiger partial charge in [0.2, 0.25) is 5.91 Å². The summed E-state index contributed by atoms with van der Waals surface area (Å²) in [7, 11) is 1.47. The normalized spacial score (nSPS) is 14.1. The Morgan fingerprint density at radius 2 is 1.83 bits per heavy atom. The minimum atomic E-state index is -0.731. The molecule has 3 aromatic rings. The fourth-order valence-corrected chi connectivity index (χ4v) is 3.87. The van der Waals surface area contributed by atoms with E-state index in [1.807, 2.05) is 0 Å². The van der Waals surface area contributed by atoms with Crippen LogP contribution in [0.1, 0.15) is 11.1 Å². The molecule has 0 atom stereocenters. The van der Waals surface area contributed by atoms with Crippen molar-refractivity contribution in [2.75, 3.05) is 19.0 Å². The highest BCUT2D eigenvalue weighted by Gasteiger charge is 2.35. The van der Waals surface area contributed by atoms with Gasteiger partial charge in [-0.2, -0.15) is 0 Å². The molecular formula is C26H21BrFN3O5. The minimum Gasteiger partial charge on any atom is -0.495 e. The molecule has 1 saturated heterocycles. The number of anilines is 1. The van der Waals surface area contributed by atoms with Crippen LogP contribution in [0.2, 0.25) is 0 Å². The monoisotopic (exact) mass is 553 g/mol. The van der Waals surface area contributed by atoms with Crippen molar-refractivity contribution in [3.8, 4) is 11.5 Å².